The van der Waals surface area contributed by atoms with Crippen LogP contribution >= 0.6 is 11.8 Å². The predicted octanol–water partition coefficient (Wildman–Crippen LogP) is 4.17. The van der Waals surface area contributed by atoms with Crippen LogP contribution in [0.15, 0.2) is 47.6 Å². The first-order valence-electron chi connectivity index (χ1n) is 10.7. The van der Waals surface area contributed by atoms with Gasteiger partial charge in [0.1, 0.15) is 5.82 Å². The number of anilines is 1. The van der Waals surface area contributed by atoms with Crippen molar-refractivity contribution >= 4 is 29.0 Å². The van der Waals surface area contributed by atoms with Gasteiger partial charge in [0.05, 0.1) is 17.2 Å². The van der Waals surface area contributed by atoms with Crippen molar-refractivity contribution in [3.8, 4) is 5.69 Å². The van der Waals surface area contributed by atoms with Crippen molar-refractivity contribution in [2.75, 3.05) is 24.2 Å². The first-order valence-corrected chi connectivity index (χ1v) is 11.7. The Morgan fingerprint density at radius 2 is 1.82 bits per heavy atom. The fourth-order valence-corrected chi connectivity index (χ4v) is 4.49. The van der Waals surface area contributed by atoms with Gasteiger partial charge >= 0.3 is 5.69 Å². The van der Waals surface area contributed by atoms with E-state index in [1.807, 2.05) is 0 Å². The number of halogens is 2. The van der Waals surface area contributed by atoms with Crippen molar-refractivity contribution in [3.05, 3.63) is 70.0 Å². The number of carbonyl (C=O) groups excluding carboxylic acids is 1. The molecule has 0 unspecified atom stereocenters. The van der Waals surface area contributed by atoms with E-state index < -0.39 is 22.3 Å². The van der Waals surface area contributed by atoms with Crippen LogP contribution in [-0.4, -0.2) is 49.3 Å². The molecule has 3 aromatic rings. The highest BCUT2D eigenvalue weighted by Crippen LogP contribution is 2.25. The molecule has 0 aliphatic carbocycles. The molecule has 1 fully saturated rings. The number of thioether (sulfide) groups is 1. The Morgan fingerprint density at radius 1 is 1.09 bits per heavy atom. The van der Waals surface area contributed by atoms with Gasteiger partial charge in [-0.2, -0.15) is 4.39 Å². The van der Waals surface area contributed by atoms with Crippen molar-refractivity contribution in [2.24, 2.45) is 0 Å². The first-order chi connectivity index (χ1) is 16.4. The summed E-state index contributed by atoms with van der Waals surface area (Å²) in [4.78, 5) is 24.8. The monoisotopic (exact) mass is 488 g/mol. The van der Waals surface area contributed by atoms with Gasteiger partial charge in [0.25, 0.3) is 0 Å². The van der Waals surface area contributed by atoms with E-state index in [0.717, 1.165) is 49.8 Å². The average molecular weight is 489 g/mol. The Bertz CT molecular complexity index is 1180. The van der Waals surface area contributed by atoms with Crippen LogP contribution in [0.1, 0.15) is 25.1 Å². The summed E-state index contributed by atoms with van der Waals surface area (Å²) in [6.07, 6.45) is 3.44. The van der Waals surface area contributed by atoms with Gasteiger partial charge in [0.15, 0.2) is 11.0 Å². The molecular weight excluding hydrogens is 466 g/mol. The molecule has 0 saturated carbocycles. The third-order valence-corrected chi connectivity index (χ3v) is 6.29. The second kappa shape index (κ2) is 10.7. The molecule has 9 nitrogen and oxygen atoms in total. The topological polar surface area (TPSA) is 106 Å². The van der Waals surface area contributed by atoms with Gasteiger partial charge in [-0.3, -0.25) is 24.4 Å². The molecule has 0 radical (unpaired) electrons. The van der Waals surface area contributed by atoms with Crippen molar-refractivity contribution in [1.82, 2.24) is 19.7 Å². The minimum absolute atomic E-state index is 0.0613. The van der Waals surface area contributed by atoms with Crippen LogP contribution < -0.4 is 5.32 Å². The van der Waals surface area contributed by atoms with E-state index in [-0.39, 0.29) is 17.3 Å². The maximum atomic E-state index is 13.5. The highest BCUT2D eigenvalue weighted by molar-refractivity contribution is 7.99. The Morgan fingerprint density at radius 3 is 2.53 bits per heavy atom. The summed E-state index contributed by atoms with van der Waals surface area (Å²) in [5, 5.41) is 22.5. The molecule has 12 heteroatoms. The molecule has 178 valence electrons. The second-order valence-corrected chi connectivity index (χ2v) is 8.75. The van der Waals surface area contributed by atoms with E-state index in [0.29, 0.717) is 23.2 Å². The molecule has 1 aliphatic heterocycles. The lowest BCUT2D eigenvalue weighted by Crippen LogP contribution is -2.30. The van der Waals surface area contributed by atoms with Crippen molar-refractivity contribution in [1.29, 1.82) is 0 Å². The molecule has 4 rings (SSSR count). The number of aromatic nitrogens is 3. The molecule has 0 spiro atoms. The zero-order valence-electron chi connectivity index (χ0n) is 18.1. The van der Waals surface area contributed by atoms with Crippen molar-refractivity contribution in [2.45, 2.75) is 31.0 Å². The summed E-state index contributed by atoms with van der Waals surface area (Å²) in [5.41, 5.74) is 0.0730. The van der Waals surface area contributed by atoms with E-state index in [1.54, 1.807) is 16.7 Å². The van der Waals surface area contributed by atoms with Crippen LogP contribution in [0.25, 0.3) is 5.69 Å². The molecule has 0 bridgehead atoms. The predicted molar refractivity (Wildman–Crippen MR) is 123 cm³/mol. The number of amides is 1. The minimum atomic E-state index is -0.981. The average Bonchev–Trinajstić information content (AvgIpc) is 3.22. The number of hydrogen-bond acceptors (Lipinski definition) is 7. The van der Waals surface area contributed by atoms with Gasteiger partial charge in [0.2, 0.25) is 11.7 Å². The third kappa shape index (κ3) is 5.75. The number of nitro benzene ring substituents is 1. The molecule has 1 saturated heterocycles. The van der Waals surface area contributed by atoms with E-state index in [2.05, 4.69) is 20.4 Å². The third-order valence-electron chi connectivity index (χ3n) is 5.36. The van der Waals surface area contributed by atoms with E-state index >= 15 is 0 Å². The number of nitro groups is 1. The number of carbonyl (C=O) groups is 1. The Balaban J connectivity index is 1.49. The van der Waals surface area contributed by atoms with Crippen LogP contribution in [0.3, 0.4) is 0 Å². The number of nitrogens with one attached hydrogen (secondary N) is 1. The van der Waals surface area contributed by atoms with Crippen molar-refractivity contribution in [3.63, 3.8) is 0 Å². The molecular formula is C22H22F2N6O3S. The molecule has 1 N–H and O–H groups in total. The molecule has 2 aromatic carbocycles. The molecule has 0 atom stereocenters. The fourth-order valence-electron chi connectivity index (χ4n) is 3.72. The lowest BCUT2D eigenvalue weighted by molar-refractivity contribution is -0.387. The summed E-state index contributed by atoms with van der Waals surface area (Å²) in [6.45, 7) is 2.51. The van der Waals surface area contributed by atoms with Crippen LogP contribution in [0.5, 0.6) is 0 Å². The summed E-state index contributed by atoms with van der Waals surface area (Å²) >= 11 is 1.13. The number of piperidine rings is 1. The lowest BCUT2D eigenvalue weighted by atomic mass is 10.1. The molecule has 1 aliphatic rings. The maximum Gasteiger partial charge on any atom is 0.306 e. The summed E-state index contributed by atoms with van der Waals surface area (Å²) in [6, 6.07) is 9.10. The zero-order chi connectivity index (χ0) is 24.1. The van der Waals surface area contributed by atoms with Gasteiger partial charge in [0, 0.05) is 17.4 Å². The van der Waals surface area contributed by atoms with Gasteiger partial charge in [-0.05, 0) is 62.3 Å². The Kier molecular flexibility index (Phi) is 7.48. The summed E-state index contributed by atoms with van der Waals surface area (Å²) < 4.78 is 28.8. The molecule has 1 aromatic heterocycles. The number of benzene rings is 2. The van der Waals surface area contributed by atoms with Crippen molar-refractivity contribution < 1.29 is 18.5 Å². The van der Waals surface area contributed by atoms with Crippen LogP contribution in [0, 0.1) is 21.7 Å². The van der Waals surface area contributed by atoms with Gasteiger partial charge < -0.3 is 5.32 Å². The highest BCUT2D eigenvalue weighted by Gasteiger charge is 2.20. The minimum Gasteiger partial charge on any atom is -0.325 e. The molecule has 2 heterocycles. The van der Waals surface area contributed by atoms with Crippen LogP contribution in [-0.2, 0) is 11.3 Å². The molecule has 1 amide bonds. The van der Waals surface area contributed by atoms with Crippen LogP contribution in [0.4, 0.5) is 20.2 Å². The van der Waals surface area contributed by atoms with E-state index in [9.17, 15) is 23.7 Å². The zero-order valence-corrected chi connectivity index (χ0v) is 18.9. The van der Waals surface area contributed by atoms with Gasteiger partial charge in [-0.25, -0.2) is 4.39 Å². The SMILES string of the molecule is O=C(CSc1nnc(CN2CCCCC2)n1-c1ccc(F)cc1)Nc1ccc(F)c([N+](=O)[O-])c1. The first kappa shape index (κ1) is 23.8. The largest absolute Gasteiger partial charge is 0.325 e. The molecule has 34 heavy (non-hydrogen) atoms. The highest BCUT2D eigenvalue weighted by atomic mass is 32.2. The summed E-state index contributed by atoms with van der Waals surface area (Å²) in [7, 11) is 0. The number of hydrogen-bond donors (Lipinski definition) is 1. The normalized spacial score (nSPS) is 14.2. The Hall–Kier alpha value is -3.38. The summed E-state index contributed by atoms with van der Waals surface area (Å²) in [5.74, 6) is -1.17. The quantitative estimate of drug-likeness (QED) is 0.288. The van der Waals surface area contributed by atoms with Gasteiger partial charge in [-0.15, -0.1) is 10.2 Å². The standard InChI is InChI=1S/C22H22F2N6O3S/c23-15-4-7-17(8-5-15)29-20(13-28-10-2-1-3-11-28)26-27-22(29)34-14-21(31)25-16-6-9-18(24)19(12-16)30(32)33/h4-9,12H,1-3,10-11,13-14H2,(H,25,31). The van der Waals surface area contributed by atoms with E-state index in [1.165, 1.54) is 24.6 Å². The van der Waals surface area contributed by atoms with Gasteiger partial charge in [-0.1, -0.05) is 18.2 Å². The lowest BCUT2D eigenvalue weighted by Gasteiger charge is -2.26. The fraction of sp³-hybridized carbons (Fsp3) is 0.318. The smallest absolute Gasteiger partial charge is 0.306 e. The number of rotatable bonds is 8. The Labute approximate surface area is 198 Å². The number of likely N-dealkylation sites (tertiary alicyclic amines) is 1. The second-order valence-electron chi connectivity index (χ2n) is 7.81. The van der Waals surface area contributed by atoms with E-state index in [4.69, 9.17) is 0 Å². The maximum absolute atomic E-state index is 13.5. The number of nitrogens with zero attached hydrogens (tertiary/aromatic N) is 5. The van der Waals surface area contributed by atoms with Crippen LogP contribution in [0.2, 0.25) is 0 Å².